The Morgan fingerprint density at radius 1 is 0.967 bits per heavy atom. The summed E-state index contributed by atoms with van der Waals surface area (Å²) in [5.74, 6) is -0.623. The molecule has 0 aromatic heterocycles. The van der Waals surface area contributed by atoms with Crippen molar-refractivity contribution < 1.29 is 19.1 Å². The second-order valence-electron chi connectivity index (χ2n) is 7.00. The fourth-order valence-corrected chi connectivity index (χ4v) is 2.85. The zero-order valence-corrected chi connectivity index (χ0v) is 18.3. The fraction of sp³-hybridized carbons (Fsp3) is 0.286. The van der Waals surface area contributed by atoms with Gasteiger partial charge in [-0.1, -0.05) is 37.0 Å². The van der Waals surface area contributed by atoms with Gasteiger partial charge in [0.15, 0.2) is 6.10 Å². The summed E-state index contributed by atoms with van der Waals surface area (Å²) in [6.07, 6.45) is -0.502. The predicted octanol–water partition coefficient (Wildman–Crippen LogP) is 4.21. The summed E-state index contributed by atoms with van der Waals surface area (Å²) in [5, 5.41) is 3.48. The van der Waals surface area contributed by atoms with Gasteiger partial charge >= 0.3 is 0 Å². The van der Waals surface area contributed by atoms with Crippen LogP contribution >= 0.6 is 23.2 Å². The molecule has 2 aromatic carbocycles. The standard InChI is InChI=1S/C21H23Cl2N3O4/c1-12(2)10-19(27)24-16-7-4-14(5-8-16)21(29)26-25-20(28)13(3)30-18-9-6-15(22)11-17(18)23/h4-9,11-13H,10H2,1-3H3,(H,24,27)(H,25,28)(H,26,29)/t13-/m1/s1. The first kappa shape index (κ1) is 23.5. The number of carbonyl (C=O) groups excluding carboxylic acids is 3. The van der Waals surface area contributed by atoms with Crippen LogP contribution in [-0.2, 0) is 9.59 Å². The fourth-order valence-electron chi connectivity index (χ4n) is 2.39. The Morgan fingerprint density at radius 2 is 1.63 bits per heavy atom. The molecule has 160 valence electrons. The highest BCUT2D eigenvalue weighted by Gasteiger charge is 2.17. The van der Waals surface area contributed by atoms with Gasteiger partial charge in [-0.25, -0.2) is 0 Å². The maximum absolute atomic E-state index is 12.2. The van der Waals surface area contributed by atoms with Crippen LogP contribution in [0.1, 0.15) is 37.6 Å². The lowest BCUT2D eigenvalue weighted by Crippen LogP contribution is -2.47. The summed E-state index contributed by atoms with van der Waals surface area (Å²) < 4.78 is 5.49. The predicted molar refractivity (Wildman–Crippen MR) is 117 cm³/mol. The van der Waals surface area contributed by atoms with Crippen LogP contribution in [0.4, 0.5) is 5.69 Å². The number of amides is 3. The van der Waals surface area contributed by atoms with E-state index >= 15 is 0 Å². The monoisotopic (exact) mass is 451 g/mol. The number of benzene rings is 2. The first-order valence-corrected chi connectivity index (χ1v) is 10.0. The Labute approximate surface area is 185 Å². The summed E-state index contributed by atoms with van der Waals surface area (Å²) in [6, 6.07) is 10.9. The number of halogens is 2. The van der Waals surface area contributed by atoms with Crippen molar-refractivity contribution in [3.63, 3.8) is 0 Å². The van der Waals surface area contributed by atoms with E-state index in [1.165, 1.54) is 13.0 Å². The van der Waals surface area contributed by atoms with E-state index in [0.29, 0.717) is 28.4 Å². The Kier molecular flexibility index (Phi) is 8.50. The van der Waals surface area contributed by atoms with Crippen molar-refractivity contribution >= 4 is 46.6 Å². The van der Waals surface area contributed by atoms with Crippen molar-refractivity contribution in [3.8, 4) is 5.75 Å². The van der Waals surface area contributed by atoms with Crippen molar-refractivity contribution in [3.05, 3.63) is 58.1 Å². The Bertz CT molecular complexity index is 917. The summed E-state index contributed by atoms with van der Waals surface area (Å²) in [4.78, 5) is 36.2. The average Bonchev–Trinajstić information content (AvgIpc) is 2.67. The Hall–Kier alpha value is -2.77. The van der Waals surface area contributed by atoms with E-state index in [4.69, 9.17) is 27.9 Å². The van der Waals surface area contributed by atoms with Gasteiger partial charge in [0.1, 0.15) is 5.75 Å². The van der Waals surface area contributed by atoms with Crippen LogP contribution in [0, 0.1) is 5.92 Å². The number of hydrazine groups is 1. The van der Waals surface area contributed by atoms with Gasteiger partial charge in [0, 0.05) is 22.7 Å². The molecule has 9 heteroatoms. The smallest absolute Gasteiger partial charge is 0.279 e. The maximum atomic E-state index is 12.2. The van der Waals surface area contributed by atoms with Gasteiger partial charge in [-0.3, -0.25) is 25.2 Å². The minimum atomic E-state index is -0.914. The molecule has 0 saturated carbocycles. The van der Waals surface area contributed by atoms with Crippen molar-refractivity contribution in [2.75, 3.05) is 5.32 Å². The molecular formula is C21H23Cl2N3O4. The number of rotatable bonds is 7. The number of ether oxygens (including phenoxy) is 1. The topological polar surface area (TPSA) is 96.5 Å². The highest BCUT2D eigenvalue weighted by molar-refractivity contribution is 6.35. The molecule has 2 rings (SSSR count). The lowest BCUT2D eigenvalue weighted by molar-refractivity contribution is -0.128. The van der Waals surface area contributed by atoms with Crippen LogP contribution in [-0.4, -0.2) is 23.8 Å². The van der Waals surface area contributed by atoms with Crippen molar-refractivity contribution in [2.45, 2.75) is 33.3 Å². The third-order valence-corrected chi connectivity index (χ3v) is 4.42. The molecule has 0 saturated heterocycles. The molecule has 0 radical (unpaired) electrons. The van der Waals surface area contributed by atoms with Gasteiger partial charge in [0.2, 0.25) is 5.91 Å². The molecule has 0 aliphatic rings. The molecule has 0 aliphatic heterocycles. The van der Waals surface area contributed by atoms with E-state index < -0.39 is 17.9 Å². The second kappa shape index (κ2) is 10.8. The van der Waals surface area contributed by atoms with E-state index in [2.05, 4.69) is 16.2 Å². The third kappa shape index (κ3) is 7.24. The molecule has 0 unspecified atom stereocenters. The SMILES string of the molecule is CC(C)CC(=O)Nc1ccc(C(=O)NNC(=O)[C@@H](C)Oc2ccc(Cl)cc2Cl)cc1. The Balaban J connectivity index is 1.85. The van der Waals surface area contributed by atoms with Gasteiger partial charge in [-0.15, -0.1) is 0 Å². The van der Waals surface area contributed by atoms with Gasteiger partial charge in [-0.2, -0.15) is 0 Å². The molecule has 0 heterocycles. The average molecular weight is 452 g/mol. The van der Waals surface area contributed by atoms with E-state index in [-0.39, 0.29) is 16.8 Å². The molecule has 7 nitrogen and oxygen atoms in total. The molecular weight excluding hydrogens is 429 g/mol. The molecule has 0 fully saturated rings. The largest absolute Gasteiger partial charge is 0.479 e. The lowest BCUT2D eigenvalue weighted by atomic mass is 10.1. The number of nitrogens with one attached hydrogen (secondary N) is 3. The molecule has 3 N–H and O–H groups in total. The van der Waals surface area contributed by atoms with Crippen molar-refractivity contribution in [1.82, 2.24) is 10.9 Å². The normalized spacial score (nSPS) is 11.5. The van der Waals surface area contributed by atoms with Gasteiger partial charge < -0.3 is 10.1 Å². The summed E-state index contributed by atoms with van der Waals surface area (Å²) in [5.41, 5.74) is 5.51. The highest BCUT2D eigenvalue weighted by atomic mass is 35.5. The maximum Gasteiger partial charge on any atom is 0.279 e. The zero-order chi connectivity index (χ0) is 22.3. The van der Waals surface area contributed by atoms with Gasteiger partial charge in [0.05, 0.1) is 5.02 Å². The number of anilines is 1. The van der Waals surface area contributed by atoms with Crippen LogP contribution < -0.4 is 20.9 Å². The van der Waals surface area contributed by atoms with Crippen LogP contribution in [0.15, 0.2) is 42.5 Å². The van der Waals surface area contributed by atoms with E-state index in [1.54, 1.807) is 36.4 Å². The molecule has 2 aromatic rings. The first-order chi connectivity index (χ1) is 14.2. The van der Waals surface area contributed by atoms with Crippen LogP contribution in [0.25, 0.3) is 0 Å². The minimum Gasteiger partial charge on any atom is -0.479 e. The second-order valence-corrected chi connectivity index (χ2v) is 7.85. The summed E-state index contributed by atoms with van der Waals surface area (Å²) in [6.45, 7) is 5.43. The highest BCUT2D eigenvalue weighted by Crippen LogP contribution is 2.28. The van der Waals surface area contributed by atoms with Gasteiger partial charge in [-0.05, 0) is 55.3 Å². The van der Waals surface area contributed by atoms with Crippen molar-refractivity contribution in [1.29, 1.82) is 0 Å². The Morgan fingerprint density at radius 3 is 2.23 bits per heavy atom. The van der Waals surface area contributed by atoms with E-state index in [1.807, 2.05) is 13.8 Å². The number of hydrogen-bond donors (Lipinski definition) is 3. The lowest BCUT2D eigenvalue weighted by Gasteiger charge is -2.16. The van der Waals surface area contributed by atoms with Crippen LogP contribution in [0.3, 0.4) is 0 Å². The zero-order valence-electron chi connectivity index (χ0n) is 16.8. The molecule has 30 heavy (non-hydrogen) atoms. The third-order valence-electron chi connectivity index (χ3n) is 3.89. The van der Waals surface area contributed by atoms with Crippen molar-refractivity contribution in [2.24, 2.45) is 5.92 Å². The van der Waals surface area contributed by atoms with E-state index in [0.717, 1.165) is 0 Å². The molecule has 0 spiro atoms. The van der Waals surface area contributed by atoms with Crippen LogP contribution in [0.2, 0.25) is 10.0 Å². The summed E-state index contributed by atoms with van der Waals surface area (Å²) >= 11 is 11.8. The molecule has 0 aliphatic carbocycles. The molecule has 1 atom stereocenters. The summed E-state index contributed by atoms with van der Waals surface area (Å²) in [7, 11) is 0. The number of carbonyl (C=O) groups is 3. The first-order valence-electron chi connectivity index (χ1n) is 9.27. The number of hydrogen-bond acceptors (Lipinski definition) is 4. The van der Waals surface area contributed by atoms with Crippen LogP contribution in [0.5, 0.6) is 5.75 Å². The quantitative estimate of drug-likeness (QED) is 0.549. The molecule has 3 amide bonds. The van der Waals surface area contributed by atoms with E-state index in [9.17, 15) is 14.4 Å². The molecule has 0 bridgehead atoms. The minimum absolute atomic E-state index is 0.0933. The van der Waals surface area contributed by atoms with Gasteiger partial charge in [0.25, 0.3) is 11.8 Å².